The van der Waals surface area contributed by atoms with Crippen molar-refractivity contribution in [2.45, 2.75) is 51.3 Å². The lowest BCUT2D eigenvalue weighted by molar-refractivity contribution is 0.0391. The smallest absolute Gasteiger partial charge is 0.347 e. The highest BCUT2D eigenvalue weighted by Crippen LogP contribution is 2.29. The molecule has 0 saturated carbocycles. The molecule has 2 rings (SSSR count). The van der Waals surface area contributed by atoms with Crippen molar-refractivity contribution in [2.24, 2.45) is 0 Å². The molecule has 0 heterocycles. The molecule has 0 aliphatic rings. The van der Waals surface area contributed by atoms with Crippen LogP contribution in [0.25, 0.3) is 0 Å². The van der Waals surface area contributed by atoms with Crippen LogP contribution in [0.5, 0.6) is 0 Å². The second-order valence-electron chi connectivity index (χ2n) is 7.27. The van der Waals surface area contributed by atoms with Crippen LogP contribution in [0.4, 0.5) is 0 Å². The zero-order valence-electron chi connectivity index (χ0n) is 17.7. The van der Waals surface area contributed by atoms with Crippen molar-refractivity contribution in [3.63, 3.8) is 0 Å². The highest BCUT2D eigenvalue weighted by atomic mass is 32.2. The second kappa shape index (κ2) is 8.15. The van der Waals surface area contributed by atoms with Crippen LogP contribution in [0.15, 0.2) is 21.9 Å². The molecule has 0 spiro atoms. The van der Waals surface area contributed by atoms with Crippen LogP contribution in [0.3, 0.4) is 0 Å². The summed E-state index contributed by atoms with van der Waals surface area (Å²) in [6.45, 7) is 9.14. The Morgan fingerprint density at radius 2 is 0.935 bits per heavy atom. The lowest BCUT2D eigenvalue weighted by Crippen LogP contribution is -2.20. The third-order valence-electron chi connectivity index (χ3n) is 5.34. The summed E-state index contributed by atoms with van der Waals surface area (Å²) in [4.78, 5) is 23.9. The number of hydrogen-bond donors (Lipinski definition) is 2. The number of carbonyl (C=O) groups excluding carboxylic acids is 2. The van der Waals surface area contributed by atoms with Crippen molar-refractivity contribution < 1.29 is 40.3 Å². The number of esters is 2. The van der Waals surface area contributed by atoms with Crippen molar-refractivity contribution in [3.05, 3.63) is 56.6 Å². The quantitative estimate of drug-likeness (QED) is 0.390. The van der Waals surface area contributed by atoms with E-state index >= 15 is 0 Å². The Hall–Kier alpha value is -2.60. The summed E-state index contributed by atoms with van der Waals surface area (Å²) < 4.78 is 71.4. The van der Waals surface area contributed by atoms with E-state index in [1.54, 1.807) is 27.7 Å². The van der Waals surface area contributed by atoms with Crippen molar-refractivity contribution in [3.8, 4) is 0 Å². The second-order valence-corrected chi connectivity index (χ2v) is 9.98. The zero-order chi connectivity index (χ0) is 24.0. The highest BCUT2D eigenvalue weighted by Gasteiger charge is 2.31. The molecular weight excluding hydrogens is 448 g/mol. The minimum absolute atomic E-state index is 0.0996. The van der Waals surface area contributed by atoms with Crippen LogP contribution in [0.1, 0.15) is 54.1 Å². The maximum atomic E-state index is 12.7. The monoisotopic (exact) mass is 470 g/mol. The molecule has 11 heteroatoms. The lowest BCUT2D eigenvalue weighted by atomic mass is 10.00. The van der Waals surface area contributed by atoms with Gasteiger partial charge in [-0.25, -0.2) is 9.59 Å². The number of aryl methyl sites for hydroxylation is 2. The van der Waals surface area contributed by atoms with Gasteiger partial charge < -0.3 is 4.74 Å². The van der Waals surface area contributed by atoms with E-state index in [4.69, 9.17) is 4.74 Å². The SMILES string of the molecule is Cc1cc(C(=O)OC(=O)c2cc(C)c(C)c(C)c2S(=O)(=O)O)c(S(=O)(=O)O)c(C)c1C. The lowest BCUT2D eigenvalue weighted by Gasteiger charge is -2.16. The van der Waals surface area contributed by atoms with Gasteiger partial charge in [0.05, 0.1) is 11.1 Å². The summed E-state index contributed by atoms with van der Waals surface area (Å²) in [7, 11) is -9.69. The summed E-state index contributed by atoms with van der Waals surface area (Å²) in [5.41, 5.74) is 1.07. The van der Waals surface area contributed by atoms with Gasteiger partial charge in [0.2, 0.25) is 0 Å². The van der Waals surface area contributed by atoms with Gasteiger partial charge in [-0.1, -0.05) is 0 Å². The Kier molecular flexibility index (Phi) is 6.49. The number of carbonyl (C=O) groups is 2. The van der Waals surface area contributed by atoms with Gasteiger partial charge in [0, 0.05) is 0 Å². The van der Waals surface area contributed by atoms with Gasteiger partial charge in [-0.3, -0.25) is 9.11 Å². The molecule has 31 heavy (non-hydrogen) atoms. The summed E-state index contributed by atoms with van der Waals surface area (Å²) in [6.07, 6.45) is 0. The Morgan fingerprint density at radius 3 is 1.19 bits per heavy atom. The minimum Gasteiger partial charge on any atom is -0.386 e. The van der Waals surface area contributed by atoms with E-state index in [1.807, 2.05) is 0 Å². The van der Waals surface area contributed by atoms with Gasteiger partial charge in [-0.05, 0) is 87.1 Å². The molecule has 0 amide bonds. The number of benzene rings is 2. The molecular formula is C20H22O9S2. The first-order valence-electron chi connectivity index (χ1n) is 8.91. The van der Waals surface area contributed by atoms with E-state index in [0.29, 0.717) is 22.3 Å². The molecule has 0 atom stereocenters. The van der Waals surface area contributed by atoms with Crippen molar-refractivity contribution >= 4 is 32.2 Å². The average Bonchev–Trinajstić information content (AvgIpc) is 2.60. The van der Waals surface area contributed by atoms with E-state index in [0.717, 1.165) is 12.1 Å². The predicted octanol–water partition coefficient (Wildman–Crippen LogP) is 3.03. The number of hydrogen-bond acceptors (Lipinski definition) is 7. The molecule has 2 N–H and O–H groups in total. The predicted molar refractivity (Wildman–Crippen MR) is 111 cm³/mol. The van der Waals surface area contributed by atoms with Gasteiger partial charge in [0.1, 0.15) is 9.79 Å². The van der Waals surface area contributed by atoms with Crippen LogP contribution in [0.2, 0.25) is 0 Å². The minimum atomic E-state index is -4.85. The van der Waals surface area contributed by atoms with Crippen LogP contribution in [-0.4, -0.2) is 37.9 Å². The number of ether oxygens (including phenoxy) is 1. The molecule has 0 unspecified atom stereocenters. The van der Waals surface area contributed by atoms with Gasteiger partial charge in [0.15, 0.2) is 0 Å². The molecule has 0 fully saturated rings. The molecule has 0 radical (unpaired) electrons. The van der Waals surface area contributed by atoms with Crippen LogP contribution in [0, 0.1) is 41.5 Å². The van der Waals surface area contributed by atoms with Crippen LogP contribution in [-0.2, 0) is 25.0 Å². The van der Waals surface area contributed by atoms with E-state index in [-0.39, 0.29) is 11.1 Å². The summed E-state index contributed by atoms with van der Waals surface area (Å²) in [5.74, 6) is -2.80. The van der Waals surface area contributed by atoms with E-state index in [9.17, 15) is 35.5 Å². The first kappa shape index (κ1) is 24.7. The summed E-state index contributed by atoms with van der Waals surface area (Å²) in [5, 5.41) is 0. The molecule has 9 nitrogen and oxygen atoms in total. The average molecular weight is 471 g/mol. The fourth-order valence-electron chi connectivity index (χ4n) is 3.28. The Labute approximate surface area is 180 Å². The van der Waals surface area contributed by atoms with Crippen molar-refractivity contribution in [1.82, 2.24) is 0 Å². The molecule has 2 aromatic carbocycles. The van der Waals surface area contributed by atoms with Crippen molar-refractivity contribution in [1.29, 1.82) is 0 Å². The zero-order valence-corrected chi connectivity index (χ0v) is 19.4. The first-order valence-corrected chi connectivity index (χ1v) is 11.8. The normalized spacial score (nSPS) is 12.0. The number of rotatable bonds is 4. The van der Waals surface area contributed by atoms with Gasteiger partial charge >= 0.3 is 11.9 Å². The van der Waals surface area contributed by atoms with Gasteiger partial charge in [0.25, 0.3) is 20.2 Å². The largest absolute Gasteiger partial charge is 0.386 e. The maximum absolute atomic E-state index is 12.7. The Balaban J connectivity index is 2.66. The van der Waals surface area contributed by atoms with Gasteiger partial charge in [-0.15, -0.1) is 0 Å². The van der Waals surface area contributed by atoms with E-state index in [1.165, 1.54) is 13.8 Å². The van der Waals surface area contributed by atoms with Gasteiger partial charge in [-0.2, -0.15) is 16.8 Å². The molecule has 0 saturated heterocycles. The van der Waals surface area contributed by atoms with Crippen LogP contribution < -0.4 is 0 Å². The van der Waals surface area contributed by atoms with E-state index < -0.39 is 53.1 Å². The summed E-state index contributed by atoms with van der Waals surface area (Å²) in [6, 6.07) is 2.30. The van der Waals surface area contributed by atoms with Crippen molar-refractivity contribution in [2.75, 3.05) is 0 Å². The molecule has 0 aromatic heterocycles. The fraction of sp³-hybridized carbons (Fsp3) is 0.300. The molecule has 0 aliphatic heterocycles. The van der Waals surface area contributed by atoms with E-state index in [2.05, 4.69) is 0 Å². The Morgan fingerprint density at radius 1 is 0.645 bits per heavy atom. The molecule has 168 valence electrons. The third-order valence-corrected chi connectivity index (χ3v) is 7.43. The fourth-order valence-corrected chi connectivity index (χ4v) is 5.20. The standard InChI is InChI=1S/C20H22O9S2/c1-9-7-15(17(30(23,24)25)13(5)11(9)3)19(21)29-20(22)16-8-10(2)12(4)14(6)18(16)31(26,27)28/h7-8H,1-6H3,(H,23,24,25)(H,26,27,28). The third kappa shape index (κ3) is 4.69. The molecule has 0 bridgehead atoms. The molecule has 2 aromatic rings. The molecule has 0 aliphatic carbocycles. The highest BCUT2D eigenvalue weighted by molar-refractivity contribution is 7.86. The topological polar surface area (TPSA) is 152 Å². The van der Waals surface area contributed by atoms with Crippen LogP contribution >= 0.6 is 0 Å². The first-order chi connectivity index (χ1) is 14.0. The Bertz CT molecular complexity index is 1230. The summed E-state index contributed by atoms with van der Waals surface area (Å²) >= 11 is 0. The maximum Gasteiger partial charge on any atom is 0.347 e.